The summed E-state index contributed by atoms with van der Waals surface area (Å²) >= 11 is 0. The standard InChI is InChI=1S/C16H25N3O2/c1-13-5-6-14(11-17-13)12-18-7-9-19(10-8-18)15(20)21-16(2,3)4/h5-6,11H,7-10,12H2,1-4H3. The fourth-order valence-electron chi connectivity index (χ4n) is 2.27. The van der Waals surface area contributed by atoms with Gasteiger partial charge in [0.05, 0.1) is 0 Å². The number of amides is 1. The minimum absolute atomic E-state index is 0.209. The van der Waals surface area contributed by atoms with Crippen LogP contribution in [0.15, 0.2) is 18.3 Å². The van der Waals surface area contributed by atoms with Crippen molar-refractivity contribution in [3.8, 4) is 0 Å². The van der Waals surface area contributed by atoms with E-state index in [-0.39, 0.29) is 6.09 Å². The SMILES string of the molecule is Cc1ccc(CN2CCN(C(=O)OC(C)(C)C)CC2)cn1. The van der Waals surface area contributed by atoms with Gasteiger partial charge in [0.2, 0.25) is 0 Å². The summed E-state index contributed by atoms with van der Waals surface area (Å²) in [5.41, 5.74) is 1.82. The predicted octanol–water partition coefficient (Wildman–Crippen LogP) is 2.44. The molecular weight excluding hydrogens is 266 g/mol. The second-order valence-corrected chi connectivity index (χ2v) is 6.55. The van der Waals surface area contributed by atoms with Crippen LogP contribution in [0.25, 0.3) is 0 Å². The largest absolute Gasteiger partial charge is 0.444 e. The van der Waals surface area contributed by atoms with Crippen molar-refractivity contribution in [2.45, 2.75) is 39.8 Å². The Hall–Kier alpha value is -1.62. The van der Waals surface area contributed by atoms with Crippen LogP contribution >= 0.6 is 0 Å². The van der Waals surface area contributed by atoms with Gasteiger partial charge in [0.25, 0.3) is 0 Å². The summed E-state index contributed by atoms with van der Waals surface area (Å²) in [5, 5.41) is 0. The molecule has 1 aliphatic rings. The number of hydrogen-bond acceptors (Lipinski definition) is 4. The number of carbonyl (C=O) groups is 1. The first kappa shape index (κ1) is 15.8. The lowest BCUT2D eigenvalue weighted by molar-refractivity contribution is 0.0139. The van der Waals surface area contributed by atoms with Gasteiger partial charge in [-0.05, 0) is 39.3 Å². The van der Waals surface area contributed by atoms with E-state index in [1.165, 1.54) is 5.56 Å². The maximum Gasteiger partial charge on any atom is 0.410 e. The summed E-state index contributed by atoms with van der Waals surface area (Å²) in [6, 6.07) is 4.15. The van der Waals surface area contributed by atoms with Crippen LogP contribution in [0.5, 0.6) is 0 Å². The topological polar surface area (TPSA) is 45.7 Å². The molecule has 0 radical (unpaired) electrons. The van der Waals surface area contributed by atoms with E-state index in [1.54, 1.807) is 4.90 Å². The van der Waals surface area contributed by atoms with Crippen molar-refractivity contribution in [3.05, 3.63) is 29.6 Å². The minimum atomic E-state index is -0.429. The average molecular weight is 291 g/mol. The van der Waals surface area contributed by atoms with Gasteiger partial charge in [0.15, 0.2) is 0 Å². The molecule has 2 rings (SSSR count). The number of ether oxygens (including phenoxy) is 1. The molecule has 116 valence electrons. The molecule has 0 atom stereocenters. The smallest absolute Gasteiger partial charge is 0.410 e. The molecular formula is C16H25N3O2. The van der Waals surface area contributed by atoms with Gasteiger partial charge in [0.1, 0.15) is 5.60 Å². The molecule has 21 heavy (non-hydrogen) atoms. The van der Waals surface area contributed by atoms with Gasteiger partial charge in [-0.1, -0.05) is 6.07 Å². The zero-order chi connectivity index (χ0) is 15.5. The lowest BCUT2D eigenvalue weighted by atomic mass is 10.2. The highest BCUT2D eigenvalue weighted by molar-refractivity contribution is 5.68. The molecule has 0 N–H and O–H groups in total. The van der Waals surface area contributed by atoms with Crippen molar-refractivity contribution >= 4 is 6.09 Å². The van der Waals surface area contributed by atoms with Gasteiger partial charge in [-0.2, -0.15) is 0 Å². The molecule has 1 aromatic heterocycles. The molecule has 1 amide bonds. The number of aryl methyl sites for hydroxylation is 1. The van der Waals surface area contributed by atoms with Gasteiger partial charge in [-0.15, -0.1) is 0 Å². The molecule has 0 bridgehead atoms. The molecule has 0 saturated carbocycles. The predicted molar refractivity (Wildman–Crippen MR) is 82.1 cm³/mol. The number of aromatic nitrogens is 1. The van der Waals surface area contributed by atoms with Crippen LogP contribution in [-0.4, -0.2) is 52.7 Å². The zero-order valence-corrected chi connectivity index (χ0v) is 13.4. The molecule has 5 nitrogen and oxygen atoms in total. The first-order valence-electron chi connectivity index (χ1n) is 7.45. The highest BCUT2D eigenvalue weighted by Crippen LogP contribution is 2.13. The van der Waals surface area contributed by atoms with Crippen molar-refractivity contribution in [2.75, 3.05) is 26.2 Å². The monoisotopic (exact) mass is 291 g/mol. The van der Waals surface area contributed by atoms with E-state index < -0.39 is 5.60 Å². The molecule has 0 unspecified atom stereocenters. The molecule has 1 aliphatic heterocycles. The average Bonchev–Trinajstić information content (AvgIpc) is 2.40. The van der Waals surface area contributed by atoms with Gasteiger partial charge < -0.3 is 9.64 Å². The van der Waals surface area contributed by atoms with Crippen LogP contribution in [0.1, 0.15) is 32.0 Å². The maximum atomic E-state index is 12.0. The second-order valence-electron chi connectivity index (χ2n) is 6.55. The van der Waals surface area contributed by atoms with Crippen LogP contribution in [0, 0.1) is 6.92 Å². The van der Waals surface area contributed by atoms with Gasteiger partial charge in [-0.3, -0.25) is 9.88 Å². The fraction of sp³-hybridized carbons (Fsp3) is 0.625. The summed E-state index contributed by atoms with van der Waals surface area (Å²) in [6.07, 6.45) is 1.72. The molecule has 1 aromatic rings. The van der Waals surface area contributed by atoms with Crippen LogP contribution < -0.4 is 0 Å². The van der Waals surface area contributed by atoms with Crippen molar-refractivity contribution in [1.82, 2.24) is 14.8 Å². The highest BCUT2D eigenvalue weighted by Gasteiger charge is 2.25. The number of hydrogen-bond donors (Lipinski definition) is 0. The Morgan fingerprint density at radius 1 is 1.24 bits per heavy atom. The first-order chi connectivity index (χ1) is 9.83. The first-order valence-corrected chi connectivity index (χ1v) is 7.45. The van der Waals surface area contributed by atoms with Gasteiger partial charge >= 0.3 is 6.09 Å². The van der Waals surface area contributed by atoms with Gasteiger partial charge in [0, 0.05) is 44.6 Å². The van der Waals surface area contributed by atoms with E-state index in [0.29, 0.717) is 13.1 Å². The quantitative estimate of drug-likeness (QED) is 0.839. The Morgan fingerprint density at radius 3 is 2.43 bits per heavy atom. The lowest BCUT2D eigenvalue weighted by Gasteiger charge is -2.35. The Balaban J connectivity index is 1.80. The van der Waals surface area contributed by atoms with Crippen LogP contribution in [0.2, 0.25) is 0 Å². The number of carbonyl (C=O) groups excluding carboxylic acids is 1. The van der Waals surface area contributed by atoms with Crippen molar-refractivity contribution in [3.63, 3.8) is 0 Å². The number of rotatable bonds is 2. The third-order valence-electron chi connectivity index (χ3n) is 3.40. The van der Waals surface area contributed by atoms with E-state index in [1.807, 2.05) is 40.0 Å². The molecule has 2 heterocycles. The van der Waals surface area contributed by atoms with E-state index in [9.17, 15) is 4.79 Å². The third-order valence-corrected chi connectivity index (χ3v) is 3.40. The van der Waals surface area contributed by atoms with E-state index in [0.717, 1.165) is 25.3 Å². The Bertz CT molecular complexity index is 471. The van der Waals surface area contributed by atoms with Crippen LogP contribution in [0.3, 0.4) is 0 Å². The fourth-order valence-corrected chi connectivity index (χ4v) is 2.27. The summed E-state index contributed by atoms with van der Waals surface area (Å²) in [5.74, 6) is 0. The minimum Gasteiger partial charge on any atom is -0.444 e. The van der Waals surface area contributed by atoms with E-state index in [4.69, 9.17) is 4.74 Å². The summed E-state index contributed by atoms with van der Waals surface area (Å²) in [6.45, 7) is 11.7. The number of piperazine rings is 1. The van der Waals surface area contributed by atoms with Crippen molar-refractivity contribution < 1.29 is 9.53 Å². The Labute approximate surface area is 126 Å². The van der Waals surface area contributed by atoms with Crippen molar-refractivity contribution in [2.24, 2.45) is 0 Å². The highest BCUT2D eigenvalue weighted by atomic mass is 16.6. The van der Waals surface area contributed by atoms with Crippen molar-refractivity contribution in [1.29, 1.82) is 0 Å². The summed E-state index contributed by atoms with van der Waals surface area (Å²) < 4.78 is 5.40. The normalized spacial score (nSPS) is 16.9. The summed E-state index contributed by atoms with van der Waals surface area (Å²) in [4.78, 5) is 20.4. The van der Waals surface area contributed by atoms with Crippen LogP contribution in [-0.2, 0) is 11.3 Å². The molecule has 1 saturated heterocycles. The third kappa shape index (κ3) is 5.01. The summed E-state index contributed by atoms with van der Waals surface area (Å²) in [7, 11) is 0. The molecule has 5 heteroatoms. The van der Waals surface area contributed by atoms with Crippen LogP contribution in [0.4, 0.5) is 4.79 Å². The number of pyridine rings is 1. The maximum absolute atomic E-state index is 12.0. The molecule has 0 aliphatic carbocycles. The van der Waals surface area contributed by atoms with E-state index in [2.05, 4.69) is 16.0 Å². The van der Waals surface area contributed by atoms with Gasteiger partial charge in [-0.25, -0.2) is 4.79 Å². The Kier molecular flexibility index (Phi) is 4.83. The Morgan fingerprint density at radius 2 is 1.90 bits per heavy atom. The molecule has 0 aromatic carbocycles. The second kappa shape index (κ2) is 6.43. The number of nitrogens with zero attached hydrogens (tertiary/aromatic N) is 3. The lowest BCUT2D eigenvalue weighted by Crippen LogP contribution is -2.49. The molecule has 1 fully saturated rings. The van der Waals surface area contributed by atoms with E-state index >= 15 is 0 Å². The molecule has 0 spiro atoms. The zero-order valence-electron chi connectivity index (χ0n) is 13.4.